The number of Topliss-reactive ketones (excluding diaryl/α,β-unsaturated/α-hetero) is 1. The summed E-state index contributed by atoms with van der Waals surface area (Å²) >= 11 is 0. The third-order valence-corrected chi connectivity index (χ3v) is 2.81. The number of hydrogen-bond donors (Lipinski definition) is 0. The first-order chi connectivity index (χ1) is 8.65. The Hall–Kier alpha value is -1.71. The smallest absolute Gasteiger partial charge is 0.203 e. The minimum atomic E-state index is 0.253. The Morgan fingerprint density at radius 3 is 2.00 bits per heavy atom. The van der Waals surface area contributed by atoms with Crippen molar-refractivity contribution >= 4 is 5.78 Å². The van der Waals surface area contributed by atoms with E-state index in [0.717, 1.165) is 5.56 Å². The Balaban J connectivity index is 2.96. The molecule has 1 aromatic carbocycles. The predicted octanol–water partition coefficient (Wildman–Crippen LogP) is 2.62. The van der Waals surface area contributed by atoms with E-state index in [1.54, 1.807) is 21.3 Å². The van der Waals surface area contributed by atoms with Gasteiger partial charge in [-0.25, -0.2) is 0 Å². The molecule has 4 heteroatoms. The van der Waals surface area contributed by atoms with Gasteiger partial charge in [0.05, 0.1) is 21.3 Å². The summed E-state index contributed by atoms with van der Waals surface area (Å²) in [6.07, 6.45) is 1.79. The van der Waals surface area contributed by atoms with Gasteiger partial charge in [-0.1, -0.05) is 6.92 Å². The van der Waals surface area contributed by atoms with Crippen molar-refractivity contribution in [3.8, 4) is 17.2 Å². The van der Waals surface area contributed by atoms with Gasteiger partial charge in [0.15, 0.2) is 11.5 Å². The summed E-state index contributed by atoms with van der Waals surface area (Å²) in [5, 5.41) is 0. The lowest BCUT2D eigenvalue weighted by molar-refractivity contribution is -0.118. The summed E-state index contributed by atoms with van der Waals surface area (Å²) in [5.74, 6) is 2.07. The molecule has 0 aromatic heterocycles. The Morgan fingerprint density at radius 2 is 1.61 bits per heavy atom. The molecule has 1 rings (SSSR count). The van der Waals surface area contributed by atoms with Gasteiger partial charge in [-0.2, -0.15) is 0 Å². The van der Waals surface area contributed by atoms with Crippen LogP contribution in [0.3, 0.4) is 0 Å². The zero-order valence-electron chi connectivity index (χ0n) is 11.4. The van der Waals surface area contributed by atoms with Gasteiger partial charge in [-0.15, -0.1) is 0 Å². The van der Waals surface area contributed by atoms with Crippen LogP contribution in [0, 0.1) is 0 Å². The first kappa shape index (κ1) is 14.4. The van der Waals surface area contributed by atoms with E-state index in [2.05, 4.69) is 0 Å². The Bertz CT molecular complexity index is 387. The molecular weight excluding hydrogens is 232 g/mol. The van der Waals surface area contributed by atoms with E-state index in [1.807, 2.05) is 19.1 Å². The van der Waals surface area contributed by atoms with Crippen LogP contribution < -0.4 is 14.2 Å². The largest absolute Gasteiger partial charge is 0.493 e. The Labute approximate surface area is 108 Å². The monoisotopic (exact) mass is 252 g/mol. The fraction of sp³-hybridized carbons (Fsp3) is 0.500. The fourth-order valence-electron chi connectivity index (χ4n) is 1.74. The van der Waals surface area contributed by atoms with Crippen LogP contribution in [0.4, 0.5) is 0 Å². The molecule has 0 aliphatic carbocycles. The van der Waals surface area contributed by atoms with Gasteiger partial charge in [0, 0.05) is 12.8 Å². The van der Waals surface area contributed by atoms with Gasteiger partial charge in [0.25, 0.3) is 0 Å². The van der Waals surface area contributed by atoms with E-state index in [-0.39, 0.29) is 5.78 Å². The van der Waals surface area contributed by atoms with Gasteiger partial charge < -0.3 is 14.2 Å². The highest BCUT2D eigenvalue weighted by atomic mass is 16.5. The lowest BCUT2D eigenvalue weighted by Gasteiger charge is -2.13. The zero-order chi connectivity index (χ0) is 13.5. The maximum Gasteiger partial charge on any atom is 0.203 e. The molecule has 100 valence electrons. The number of methoxy groups -OCH3 is 3. The van der Waals surface area contributed by atoms with Crippen LogP contribution in [0.5, 0.6) is 17.2 Å². The summed E-state index contributed by atoms with van der Waals surface area (Å²) in [7, 11) is 4.73. The second-order valence-corrected chi connectivity index (χ2v) is 3.93. The molecule has 4 nitrogen and oxygen atoms in total. The van der Waals surface area contributed by atoms with Gasteiger partial charge in [-0.3, -0.25) is 4.79 Å². The van der Waals surface area contributed by atoms with Crippen LogP contribution in [0.25, 0.3) is 0 Å². The average Bonchev–Trinajstić information content (AvgIpc) is 2.43. The topological polar surface area (TPSA) is 44.8 Å². The van der Waals surface area contributed by atoms with E-state index in [0.29, 0.717) is 36.5 Å². The van der Waals surface area contributed by atoms with E-state index < -0.39 is 0 Å². The molecule has 0 bridgehead atoms. The molecule has 18 heavy (non-hydrogen) atoms. The van der Waals surface area contributed by atoms with Crippen molar-refractivity contribution in [2.75, 3.05) is 21.3 Å². The number of ether oxygens (including phenoxy) is 3. The molecule has 0 saturated carbocycles. The first-order valence-electron chi connectivity index (χ1n) is 5.96. The van der Waals surface area contributed by atoms with Crippen molar-refractivity contribution in [3.63, 3.8) is 0 Å². The number of rotatable bonds is 7. The van der Waals surface area contributed by atoms with Gasteiger partial charge in [0.2, 0.25) is 5.75 Å². The minimum Gasteiger partial charge on any atom is -0.493 e. The van der Waals surface area contributed by atoms with Crippen LogP contribution in [0.2, 0.25) is 0 Å². The normalized spacial score (nSPS) is 10.0. The molecule has 0 radical (unpaired) electrons. The van der Waals surface area contributed by atoms with E-state index >= 15 is 0 Å². The lowest BCUT2D eigenvalue weighted by atomic mass is 10.1. The number of aryl methyl sites for hydroxylation is 1. The summed E-state index contributed by atoms with van der Waals surface area (Å²) in [6, 6.07) is 3.76. The van der Waals surface area contributed by atoms with Crippen molar-refractivity contribution in [2.24, 2.45) is 0 Å². The molecule has 0 spiro atoms. The van der Waals surface area contributed by atoms with Crippen molar-refractivity contribution in [3.05, 3.63) is 17.7 Å². The van der Waals surface area contributed by atoms with Gasteiger partial charge >= 0.3 is 0 Å². The summed E-state index contributed by atoms with van der Waals surface area (Å²) in [4.78, 5) is 11.3. The molecule has 0 saturated heterocycles. The number of carbonyl (C=O) groups excluding carboxylic acids is 1. The Morgan fingerprint density at radius 1 is 1.06 bits per heavy atom. The second-order valence-electron chi connectivity index (χ2n) is 3.93. The lowest BCUT2D eigenvalue weighted by Crippen LogP contribution is -2.00. The molecule has 0 unspecified atom stereocenters. The zero-order valence-corrected chi connectivity index (χ0v) is 11.4. The number of benzene rings is 1. The van der Waals surface area contributed by atoms with Crippen molar-refractivity contribution in [1.29, 1.82) is 0 Å². The molecule has 0 aliphatic rings. The van der Waals surface area contributed by atoms with Crippen LogP contribution >= 0.6 is 0 Å². The molecule has 0 fully saturated rings. The molecule has 0 heterocycles. The van der Waals surface area contributed by atoms with E-state index in [1.165, 1.54) is 0 Å². The number of carbonyl (C=O) groups is 1. The van der Waals surface area contributed by atoms with E-state index in [4.69, 9.17) is 14.2 Å². The highest BCUT2D eigenvalue weighted by Crippen LogP contribution is 2.38. The summed E-state index contributed by atoms with van der Waals surface area (Å²) < 4.78 is 15.8. The van der Waals surface area contributed by atoms with Crippen molar-refractivity contribution in [2.45, 2.75) is 26.2 Å². The van der Waals surface area contributed by atoms with Crippen LogP contribution in [-0.2, 0) is 11.2 Å². The summed E-state index contributed by atoms with van der Waals surface area (Å²) in [5.41, 5.74) is 1.01. The van der Waals surface area contributed by atoms with Crippen LogP contribution in [-0.4, -0.2) is 27.1 Å². The third kappa shape index (κ3) is 3.39. The maximum absolute atomic E-state index is 11.3. The van der Waals surface area contributed by atoms with Crippen molar-refractivity contribution < 1.29 is 19.0 Å². The fourth-order valence-corrected chi connectivity index (χ4v) is 1.74. The molecule has 0 aliphatic heterocycles. The highest BCUT2D eigenvalue weighted by Gasteiger charge is 2.13. The molecule has 0 amide bonds. The summed E-state index contributed by atoms with van der Waals surface area (Å²) in [6.45, 7) is 1.87. The quantitative estimate of drug-likeness (QED) is 0.748. The average molecular weight is 252 g/mol. The standard InChI is InChI=1S/C14H20O4/c1-5-11(15)7-6-10-8-12(16-2)14(18-4)13(9-10)17-3/h8-9H,5-7H2,1-4H3. The van der Waals surface area contributed by atoms with Gasteiger partial charge in [-0.05, 0) is 24.1 Å². The first-order valence-corrected chi connectivity index (χ1v) is 5.96. The number of hydrogen-bond acceptors (Lipinski definition) is 4. The Kier molecular flexibility index (Phi) is 5.49. The van der Waals surface area contributed by atoms with Crippen molar-refractivity contribution in [1.82, 2.24) is 0 Å². The molecular formula is C14H20O4. The molecule has 0 atom stereocenters. The van der Waals surface area contributed by atoms with Gasteiger partial charge in [0.1, 0.15) is 5.78 Å². The third-order valence-electron chi connectivity index (χ3n) is 2.81. The molecule has 1 aromatic rings. The minimum absolute atomic E-state index is 0.253. The maximum atomic E-state index is 11.3. The number of ketones is 1. The van der Waals surface area contributed by atoms with Crippen LogP contribution in [0.15, 0.2) is 12.1 Å². The van der Waals surface area contributed by atoms with Crippen LogP contribution in [0.1, 0.15) is 25.3 Å². The highest BCUT2D eigenvalue weighted by molar-refractivity contribution is 5.78. The SMILES string of the molecule is CCC(=O)CCc1cc(OC)c(OC)c(OC)c1. The van der Waals surface area contributed by atoms with E-state index in [9.17, 15) is 4.79 Å². The second kappa shape index (κ2) is 6.89. The molecule has 0 N–H and O–H groups in total. The predicted molar refractivity (Wildman–Crippen MR) is 69.7 cm³/mol.